The first kappa shape index (κ1) is 13.4. The van der Waals surface area contributed by atoms with Gasteiger partial charge in [0.25, 0.3) is 0 Å². The first-order valence-corrected chi connectivity index (χ1v) is 6.95. The van der Waals surface area contributed by atoms with Crippen LogP contribution in [0.3, 0.4) is 0 Å². The van der Waals surface area contributed by atoms with Gasteiger partial charge in [-0.25, -0.2) is 0 Å². The molecule has 2 atom stereocenters. The maximum Gasteiger partial charge on any atom is 0.122 e. The van der Waals surface area contributed by atoms with Crippen LogP contribution >= 0.6 is 0 Å². The molecule has 1 fully saturated rings. The molecule has 2 rings (SSSR count). The van der Waals surface area contributed by atoms with E-state index in [9.17, 15) is 5.11 Å². The van der Waals surface area contributed by atoms with Gasteiger partial charge < -0.3 is 9.84 Å². The Morgan fingerprint density at radius 3 is 2.44 bits per heavy atom. The molecule has 0 amide bonds. The second-order valence-electron chi connectivity index (χ2n) is 5.65. The minimum atomic E-state index is 0.104. The maximum atomic E-state index is 9.31. The molecule has 1 aliphatic carbocycles. The molecule has 0 heterocycles. The fourth-order valence-electron chi connectivity index (χ4n) is 3.44. The van der Waals surface area contributed by atoms with Crippen LogP contribution in [0.5, 0.6) is 5.75 Å². The summed E-state index contributed by atoms with van der Waals surface area (Å²) < 4.78 is 5.51. The van der Waals surface area contributed by atoms with Gasteiger partial charge in [-0.15, -0.1) is 0 Å². The lowest BCUT2D eigenvalue weighted by Crippen LogP contribution is -2.23. The standard InChI is InChI=1S/C16H24O2/c1-11-5-4-6-12(2)16(11)14-9-13(10-17)7-8-15(14)18-3/h7-9,11-12,16-17H,4-6,10H2,1-3H3. The largest absolute Gasteiger partial charge is 0.496 e. The van der Waals surface area contributed by atoms with Crippen LogP contribution in [0, 0.1) is 11.8 Å². The lowest BCUT2D eigenvalue weighted by molar-refractivity contribution is 0.242. The van der Waals surface area contributed by atoms with Crippen LogP contribution in [0.4, 0.5) is 0 Å². The van der Waals surface area contributed by atoms with E-state index < -0.39 is 0 Å². The molecule has 100 valence electrons. The molecule has 0 bridgehead atoms. The Morgan fingerprint density at radius 1 is 1.22 bits per heavy atom. The lowest BCUT2D eigenvalue weighted by Gasteiger charge is -2.35. The summed E-state index contributed by atoms with van der Waals surface area (Å²) in [6, 6.07) is 6.07. The van der Waals surface area contributed by atoms with E-state index in [2.05, 4.69) is 19.9 Å². The maximum absolute atomic E-state index is 9.31. The number of hydrogen-bond donors (Lipinski definition) is 1. The lowest BCUT2D eigenvalue weighted by atomic mass is 9.70. The number of methoxy groups -OCH3 is 1. The monoisotopic (exact) mass is 248 g/mol. The molecule has 0 spiro atoms. The molecule has 0 saturated heterocycles. The molecule has 1 N–H and O–H groups in total. The molecule has 0 radical (unpaired) electrons. The van der Waals surface area contributed by atoms with Gasteiger partial charge in [0.05, 0.1) is 13.7 Å². The smallest absolute Gasteiger partial charge is 0.122 e. The number of aliphatic hydroxyl groups excluding tert-OH is 1. The van der Waals surface area contributed by atoms with E-state index in [0.29, 0.717) is 17.8 Å². The SMILES string of the molecule is COc1ccc(CO)cc1C1C(C)CCCC1C. The highest BCUT2D eigenvalue weighted by Gasteiger charge is 2.31. The molecule has 1 aliphatic rings. The van der Waals surface area contributed by atoms with Crippen molar-refractivity contribution in [2.24, 2.45) is 11.8 Å². The van der Waals surface area contributed by atoms with Crippen molar-refractivity contribution in [2.45, 2.75) is 45.6 Å². The van der Waals surface area contributed by atoms with Crippen molar-refractivity contribution < 1.29 is 9.84 Å². The molecular formula is C16H24O2. The minimum Gasteiger partial charge on any atom is -0.496 e. The van der Waals surface area contributed by atoms with Gasteiger partial charge in [-0.2, -0.15) is 0 Å². The summed E-state index contributed by atoms with van der Waals surface area (Å²) in [4.78, 5) is 0. The Balaban J connectivity index is 2.40. The van der Waals surface area contributed by atoms with Gasteiger partial charge in [0, 0.05) is 0 Å². The third-order valence-electron chi connectivity index (χ3n) is 4.38. The molecule has 2 nitrogen and oxygen atoms in total. The van der Waals surface area contributed by atoms with E-state index in [1.54, 1.807) is 7.11 Å². The molecule has 0 aromatic heterocycles. The number of hydrogen-bond acceptors (Lipinski definition) is 2. The second kappa shape index (κ2) is 5.75. The van der Waals surface area contributed by atoms with E-state index in [1.807, 2.05) is 12.1 Å². The molecule has 2 heteroatoms. The number of benzene rings is 1. The van der Waals surface area contributed by atoms with Crippen LogP contribution in [-0.4, -0.2) is 12.2 Å². The van der Waals surface area contributed by atoms with E-state index in [1.165, 1.54) is 24.8 Å². The van der Waals surface area contributed by atoms with E-state index in [4.69, 9.17) is 4.74 Å². The van der Waals surface area contributed by atoms with Crippen LogP contribution in [0.2, 0.25) is 0 Å². The highest BCUT2D eigenvalue weighted by Crippen LogP contribution is 2.44. The van der Waals surface area contributed by atoms with Crippen molar-refractivity contribution in [3.63, 3.8) is 0 Å². The number of ether oxygens (including phenoxy) is 1. The predicted octanol–water partition coefficient (Wildman–Crippen LogP) is 3.73. The topological polar surface area (TPSA) is 29.5 Å². The van der Waals surface area contributed by atoms with Gasteiger partial charge in [-0.05, 0) is 41.0 Å². The first-order valence-electron chi connectivity index (χ1n) is 6.95. The molecule has 1 saturated carbocycles. The van der Waals surface area contributed by atoms with Crippen molar-refractivity contribution in [1.29, 1.82) is 0 Å². The zero-order valence-electron chi connectivity index (χ0n) is 11.6. The van der Waals surface area contributed by atoms with E-state index >= 15 is 0 Å². The summed E-state index contributed by atoms with van der Waals surface area (Å²) >= 11 is 0. The normalized spacial score (nSPS) is 28.1. The Hall–Kier alpha value is -1.02. The summed E-state index contributed by atoms with van der Waals surface area (Å²) in [5, 5.41) is 9.31. The Kier molecular flexibility index (Phi) is 4.28. The molecule has 1 aromatic carbocycles. The van der Waals surface area contributed by atoms with Gasteiger partial charge in [-0.1, -0.05) is 39.2 Å². The van der Waals surface area contributed by atoms with Gasteiger partial charge in [-0.3, -0.25) is 0 Å². The van der Waals surface area contributed by atoms with Gasteiger partial charge in [0.15, 0.2) is 0 Å². The first-order chi connectivity index (χ1) is 8.67. The minimum absolute atomic E-state index is 0.104. The average molecular weight is 248 g/mol. The van der Waals surface area contributed by atoms with Crippen molar-refractivity contribution in [1.82, 2.24) is 0 Å². The van der Waals surface area contributed by atoms with Gasteiger partial charge in [0.2, 0.25) is 0 Å². The zero-order valence-corrected chi connectivity index (χ0v) is 11.6. The van der Waals surface area contributed by atoms with Crippen molar-refractivity contribution in [3.05, 3.63) is 29.3 Å². The van der Waals surface area contributed by atoms with Crippen LogP contribution < -0.4 is 4.74 Å². The summed E-state index contributed by atoms with van der Waals surface area (Å²) in [5.41, 5.74) is 2.26. The zero-order chi connectivity index (χ0) is 13.1. The van der Waals surface area contributed by atoms with E-state index in [-0.39, 0.29) is 6.61 Å². The van der Waals surface area contributed by atoms with Crippen molar-refractivity contribution in [3.8, 4) is 5.75 Å². The molecule has 2 unspecified atom stereocenters. The average Bonchev–Trinajstić information content (AvgIpc) is 2.38. The fraction of sp³-hybridized carbons (Fsp3) is 0.625. The predicted molar refractivity (Wildman–Crippen MR) is 73.8 cm³/mol. The second-order valence-corrected chi connectivity index (χ2v) is 5.65. The van der Waals surface area contributed by atoms with Gasteiger partial charge in [0.1, 0.15) is 5.75 Å². The number of rotatable bonds is 3. The van der Waals surface area contributed by atoms with Gasteiger partial charge >= 0.3 is 0 Å². The summed E-state index contributed by atoms with van der Waals surface area (Å²) in [7, 11) is 1.73. The summed E-state index contributed by atoms with van der Waals surface area (Å²) in [6.45, 7) is 4.78. The van der Waals surface area contributed by atoms with Crippen molar-refractivity contribution >= 4 is 0 Å². The Bertz CT molecular complexity index is 390. The van der Waals surface area contributed by atoms with Crippen LogP contribution in [0.25, 0.3) is 0 Å². The Morgan fingerprint density at radius 2 is 1.89 bits per heavy atom. The quantitative estimate of drug-likeness (QED) is 0.883. The highest BCUT2D eigenvalue weighted by molar-refractivity contribution is 5.40. The van der Waals surface area contributed by atoms with Crippen LogP contribution in [0.15, 0.2) is 18.2 Å². The molecular weight excluding hydrogens is 224 g/mol. The van der Waals surface area contributed by atoms with E-state index in [0.717, 1.165) is 11.3 Å². The van der Waals surface area contributed by atoms with Crippen LogP contribution in [0.1, 0.15) is 50.2 Å². The molecule has 1 aromatic rings. The summed E-state index contributed by atoms with van der Waals surface area (Å²) in [5.74, 6) is 2.91. The van der Waals surface area contributed by atoms with Crippen LogP contribution in [-0.2, 0) is 6.61 Å². The number of aliphatic hydroxyl groups is 1. The molecule has 0 aliphatic heterocycles. The molecule has 18 heavy (non-hydrogen) atoms. The van der Waals surface area contributed by atoms with Crippen molar-refractivity contribution in [2.75, 3.05) is 7.11 Å². The fourth-order valence-corrected chi connectivity index (χ4v) is 3.44. The Labute approximate surface area is 110 Å². The third kappa shape index (κ3) is 2.54. The third-order valence-corrected chi connectivity index (χ3v) is 4.38. The summed E-state index contributed by atoms with van der Waals surface area (Å²) in [6.07, 6.45) is 3.92. The highest BCUT2D eigenvalue weighted by atomic mass is 16.5.